The van der Waals surface area contributed by atoms with E-state index < -0.39 is 0 Å². The van der Waals surface area contributed by atoms with Crippen LogP contribution in [0.1, 0.15) is 47.0 Å². The number of hydrogen-bond donors (Lipinski definition) is 0. The maximum atomic E-state index is 2.65. The summed E-state index contributed by atoms with van der Waals surface area (Å²) in [4.78, 5) is 0. The van der Waals surface area contributed by atoms with Crippen molar-refractivity contribution in [2.75, 3.05) is 0 Å². The van der Waals surface area contributed by atoms with E-state index in [0.717, 1.165) is 15.8 Å². The Kier molecular flexibility index (Phi) is 3.47. The summed E-state index contributed by atoms with van der Waals surface area (Å²) in [5, 5.41) is 0. The molecule has 12 heavy (non-hydrogen) atoms. The average molecular weight is 280 g/mol. The Labute approximate surface area is 90.6 Å². The van der Waals surface area contributed by atoms with Crippen LogP contribution in [0.3, 0.4) is 0 Å². The fourth-order valence-corrected chi connectivity index (χ4v) is 3.66. The van der Waals surface area contributed by atoms with Gasteiger partial charge in [0.2, 0.25) is 0 Å². The molecule has 1 rings (SSSR count). The Morgan fingerprint density at radius 1 is 1.33 bits per heavy atom. The van der Waals surface area contributed by atoms with Crippen molar-refractivity contribution in [1.82, 2.24) is 0 Å². The molecule has 1 aliphatic rings. The van der Waals surface area contributed by atoms with E-state index in [2.05, 4.69) is 50.3 Å². The first-order valence-electron chi connectivity index (χ1n) is 5.06. The molecule has 2 unspecified atom stereocenters. The third-order valence-electron chi connectivity index (χ3n) is 3.21. The summed E-state index contributed by atoms with van der Waals surface area (Å²) in [5.41, 5.74) is 0.608. The van der Waals surface area contributed by atoms with Gasteiger partial charge in [-0.25, -0.2) is 0 Å². The average Bonchev–Trinajstić information content (AvgIpc) is 1.94. The van der Waals surface area contributed by atoms with Crippen LogP contribution >= 0.6 is 22.6 Å². The van der Waals surface area contributed by atoms with Crippen molar-refractivity contribution in [2.45, 2.75) is 50.9 Å². The Hall–Kier alpha value is 0.730. The Balaban J connectivity index is 2.59. The van der Waals surface area contributed by atoms with Crippen LogP contribution in [0.4, 0.5) is 0 Å². The summed E-state index contributed by atoms with van der Waals surface area (Å²) >= 11 is 2.65. The minimum Gasteiger partial charge on any atom is -0.0823 e. The zero-order valence-corrected chi connectivity index (χ0v) is 10.9. The topological polar surface area (TPSA) is 0 Å². The third-order valence-corrected chi connectivity index (χ3v) is 4.75. The summed E-state index contributed by atoms with van der Waals surface area (Å²) < 4.78 is 0.927. The first-order chi connectivity index (χ1) is 5.42. The van der Waals surface area contributed by atoms with E-state index in [4.69, 9.17) is 0 Å². The van der Waals surface area contributed by atoms with E-state index in [1.807, 2.05) is 0 Å². The van der Waals surface area contributed by atoms with Gasteiger partial charge in [0.25, 0.3) is 0 Å². The second-order valence-electron chi connectivity index (χ2n) is 5.33. The lowest BCUT2D eigenvalue weighted by Gasteiger charge is -2.40. The summed E-state index contributed by atoms with van der Waals surface area (Å²) in [5.74, 6) is 1.82. The standard InChI is InChI=1S/C11H21I/c1-8(2)9-7-11(3,4)6-5-10(9)12/h8-10H,5-7H2,1-4H3. The zero-order valence-electron chi connectivity index (χ0n) is 8.73. The van der Waals surface area contributed by atoms with Crippen molar-refractivity contribution in [1.29, 1.82) is 0 Å². The highest BCUT2D eigenvalue weighted by molar-refractivity contribution is 14.1. The van der Waals surface area contributed by atoms with Gasteiger partial charge in [-0.3, -0.25) is 0 Å². The molecule has 0 radical (unpaired) electrons. The van der Waals surface area contributed by atoms with Gasteiger partial charge in [0.05, 0.1) is 0 Å². The van der Waals surface area contributed by atoms with Crippen molar-refractivity contribution >= 4 is 22.6 Å². The molecule has 0 aromatic carbocycles. The molecule has 0 saturated heterocycles. The largest absolute Gasteiger partial charge is 0.0823 e. The van der Waals surface area contributed by atoms with Gasteiger partial charge in [0, 0.05) is 3.92 Å². The van der Waals surface area contributed by atoms with Gasteiger partial charge in [-0.2, -0.15) is 0 Å². The van der Waals surface area contributed by atoms with Gasteiger partial charge in [0.15, 0.2) is 0 Å². The quantitative estimate of drug-likeness (QED) is 0.497. The fraction of sp³-hybridized carbons (Fsp3) is 1.00. The summed E-state index contributed by atoms with van der Waals surface area (Å²) in [7, 11) is 0. The van der Waals surface area contributed by atoms with Gasteiger partial charge >= 0.3 is 0 Å². The number of hydrogen-bond acceptors (Lipinski definition) is 0. The van der Waals surface area contributed by atoms with Crippen molar-refractivity contribution in [2.24, 2.45) is 17.3 Å². The molecule has 1 fully saturated rings. The molecular weight excluding hydrogens is 259 g/mol. The predicted octanol–water partition coefficient (Wildman–Crippen LogP) is 4.27. The van der Waals surface area contributed by atoms with Gasteiger partial charge in [0.1, 0.15) is 0 Å². The summed E-state index contributed by atoms with van der Waals surface area (Å²) in [6.07, 6.45) is 4.28. The van der Waals surface area contributed by atoms with E-state index in [9.17, 15) is 0 Å². The van der Waals surface area contributed by atoms with Gasteiger partial charge in [-0.05, 0) is 36.5 Å². The van der Waals surface area contributed by atoms with Crippen LogP contribution in [-0.4, -0.2) is 3.92 Å². The zero-order chi connectivity index (χ0) is 9.35. The van der Waals surface area contributed by atoms with E-state index in [0.29, 0.717) is 5.41 Å². The van der Waals surface area contributed by atoms with Crippen molar-refractivity contribution in [3.8, 4) is 0 Å². The van der Waals surface area contributed by atoms with Crippen LogP contribution in [-0.2, 0) is 0 Å². The molecule has 0 spiro atoms. The minimum atomic E-state index is 0.608. The Morgan fingerprint density at radius 3 is 2.33 bits per heavy atom. The SMILES string of the molecule is CC(C)C1CC(C)(C)CCC1I. The van der Waals surface area contributed by atoms with E-state index >= 15 is 0 Å². The molecule has 0 N–H and O–H groups in total. The maximum absolute atomic E-state index is 2.65. The van der Waals surface area contributed by atoms with Gasteiger partial charge in [-0.1, -0.05) is 50.3 Å². The van der Waals surface area contributed by atoms with Crippen molar-refractivity contribution in [3.05, 3.63) is 0 Å². The molecule has 1 heteroatoms. The van der Waals surface area contributed by atoms with Crippen molar-refractivity contribution < 1.29 is 0 Å². The predicted molar refractivity (Wildman–Crippen MR) is 63.8 cm³/mol. The normalized spacial score (nSPS) is 35.5. The third kappa shape index (κ3) is 2.61. The minimum absolute atomic E-state index is 0.608. The van der Waals surface area contributed by atoms with Gasteiger partial charge < -0.3 is 0 Å². The molecule has 0 nitrogen and oxygen atoms in total. The monoisotopic (exact) mass is 280 g/mol. The molecule has 1 aliphatic carbocycles. The Morgan fingerprint density at radius 2 is 1.92 bits per heavy atom. The highest BCUT2D eigenvalue weighted by atomic mass is 127. The second-order valence-corrected chi connectivity index (χ2v) is 6.93. The lowest BCUT2D eigenvalue weighted by atomic mass is 9.69. The second kappa shape index (κ2) is 3.85. The molecule has 0 aromatic heterocycles. The van der Waals surface area contributed by atoms with Crippen molar-refractivity contribution in [3.63, 3.8) is 0 Å². The molecule has 0 heterocycles. The first-order valence-corrected chi connectivity index (χ1v) is 6.31. The van der Waals surface area contributed by atoms with Gasteiger partial charge in [-0.15, -0.1) is 0 Å². The summed E-state index contributed by atoms with van der Waals surface area (Å²) in [6.45, 7) is 9.59. The van der Waals surface area contributed by atoms with Crippen LogP contribution in [0.25, 0.3) is 0 Å². The van der Waals surface area contributed by atoms with Crippen LogP contribution in [0, 0.1) is 17.3 Å². The highest BCUT2D eigenvalue weighted by Gasteiger charge is 2.34. The number of alkyl halides is 1. The molecule has 0 amide bonds. The molecule has 72 valence electrons. The smallest absolute Gasteiger partial charge is 0.0141 e. The first kappa shape index (κ1) is 10.8. The fourth-order valence-electron chi connectivity index (χ4n) is 2.26. The lowest BCUT2D eigenvalue weighted by Crippen LogP contribution is -2.33. The maximum Gasteiger partial charge on any atom is 0.0141 e. The van der Waals surface area contributed by atoms with E-state index in [1.54, 1.807) is 0 Å². The molecule has 0 aliphatic heterocycles. The van der Waals surface area contributed by atoms with Crippen LogP contribution < -0.4 is 0 Å². The number of rotatable bonds is 1. The Bertz CT molecular complexity index is 149. The highest BCUT2D eigenvalue weighted by Crippen LogP contribution is 2.44. The molecule has 1 saturated carbocycles. The van der Waals surface area contributed by atoms with E-state index in [-0.39, 0.29) is 0 Å². The van der Waals surface area contributed by atoms with Crippen LogP contribution in [0.15, 0.2) is 0 Å². The van der Waals surface area contributed by atoms with Crippen LogP contribution in [0.2, 0.25) is 0 Å². The van der Waals surface area contributed by atoms with E-state index in [1.165, 1.54) is 19.3 Å². The molecule has 0 aromatic rings. The molecular formula is C11H21I. The molecule has 2 atom stereocenters. The lowest BCUT2D eigenvalue weighted by molar-refractivity contribution is 0.158. The summed E-state index contributed by atoms with van der Waals surface area (Å²) in [6, 6.07) is 0. The number of halogens is 1. The molecule has 0 bridgehead atoms. The van der Waals surface area contributed by atoms with Crippen LogP contribution in [0.5, 0.6) is 0 Å².